The minimum atomic E-state index is -0.910. The summed E-state index contributed by atoms with van der Waals surface area (Å²) in [6, 6.07) is 0. The Morgan fingerprint density at radius 2 is 1.61 bits per heavy atom. The van der Waals surface area contributed by atoms with Gasteiger partial charge in [0.15, 0.2) is 0 Å². The summed E-state index contributed by atoms with van der Waals surface area (Å²) < 4.78 is 0. The number of aliphatic carboxylic acids is 1. The van der Waals surface area contributed by atoms with Gasteiger partial charge in [-0.1, -0.05) is 40.7 Å². The van der Waals surface area contributed by atoms with E-state index < -0.39 is 17.0 Å². The molecule has 0 bridgehead atoms. The average molecular weight is 501 g/mol. The molecule has 36 heavy (non-hydrogen) atoms. The fourth-order valence-electron chi connectivity index (χ4n) is 12.1. The minimum Gasteiger partial charge on any atom is -0.481 e. The van der Waals surface area contributed by atoms with Crippen LogP contribution >= 0.6 is 0 Å². The van der Waals surface area contributed by atoms with Crippen molar-refractivity contribution in [3.8, 4) is 0 Å². The van der Waals surface area contributed by atoms with Crippen LogP contribution in [-0.2, 0) is 4.79 Å². The van der Waals surface area contributed by atoms with Crippen molar-refractivity contribution in [3.63, 3.8) is 0 Å². The van der Waals surface area contributed by atoms with E-state index in [0.29, 0.717) is 30.6 Å². The lowest BCUT2D eigenvalue weighted by atomic mass is 9.32. The van der Waals surface area contributed by atoms with Gasteiger partial charge in [0.25, 0.3) is 0 Å². The second-order valence-electron chi connectivity index (χ2n) is 15.5. The summed E-state index contributed by atoms with van der Waals surface area (Å²) in [6.45, 7) is 18.0. The molecule has 0 aromatic carbocycles. The monoisotopic (exact) mass is 500 g/mol. The molecule has 5 rings (SSSR count). The molecule has 0 radical (unpaired) electrons. The Labute approximate surface area is 219 Å². The Kier molecular flexibility index (Phi) is 5.99. The van der Waals surface area contributed by atoms with Gasteiger partial charge in [0, 0.05) is 0 Å². The third kappa shape index (κ3) is 3.15. The summed E-state index contributed by atoms with van der Waals surface area (Å²) in [7, 11) is 0. The number of rotatable bonds is 4. The molecule has 0 aliphatic heterocycles. The van der Waals surface area contributed by atoms with E-state index in [1.807, 2.05) is 13.0 Å². The summed E-state index contributed by atoms with van der Waals surface area (Å²) in [5, 5.41) is 33.2. The first-order chi connectivity index (χ1) is 16.6. The highest BCUT2D eigenvalue weighted by Crippen LogP contribution is 2.77. The van der Waals surface area contributed by atoms with E-state index in [0.717, 1.165) is 51.4 Å². The highest BCUT2D eigenvalue weighted by molar-refractivity contribution is 5.76. The molecule has 204 valence electrons. The van der Waals surface area contributed by atoms with Crippen molar-refractivity contribution in [1.82, 2.24) is 0 Å². The Morgan fingerprint density at radius 1 is 0.917 bits per heavy atom. The van der Waals surface area contributed by atoms with Gasteiger partial charge < -0.3 is 15.3 Å². The largest absolute Gasteiger partial charge is 0.481 e. The van der Waals surface area contributed by atoms with E-state index in [4.69, 9.17) is 0 Å². The SMILES string of the molecule is C=CCC(C)(O)[C@@H]1CC[C@]2(C(=O)O)CC[C@]3(C)C(CCC4[C@@]5(C)CC[C@H](O)C(C)(C)C5CC[C@]43C)C12. The van der Waals surface area contributed by atoms with E-state index in [2.05, 4.69) is 41.2 Å². The minimum absolute atomic E-state index is 0.00654. The molecule has 5 aliphatic rings. The Morgan fingerprint density at radius 3 is 2.25 bits per heavy atom. The lowest BCUT2D eigenvalue weighted by molar-refractivity contribution is -0.252. The van der Waals surface area contributed by atoms with Crippen molar-refractivity contribution in [2.24, 2.45) is 56.7 Å². The molecule has 5 aliphatic carbocycles. The van der Waals surface area contributed by atoms with Crippen molar-refractivity contribution < 1.29 is 20.1 Å². The molecule has 5 saturated carbocycles. The average Bonchev–Trinajstić information content (AvgIpc) is 3.19. The van der Waals surface area contributed by atoms with Crippen LogP contribution in [0.1, 0.15) is 112 Å². The van der Waals surface area contributed by atoms with E-state index in [1.54, 1.807) is 0 Å². The van der Waals surface area contributed by atoms with Crippen molar-refractivity contribution in [2.75, 3.05) is 0 Å². The van der Waals surface area contributed by atoms with Crippen LogP contribution in [0.5, 0.6) is 0 Å². The zero-order valence-corrected chi connectivity index (χ0v) is 23.8. The molecule has 11 atom stereocenters. The van der Waals surface area contributed by atoms with Crippen LogP contribution in [0.25, 0.3) is 0 Å². The van der Waals surface area contributed by atoms with Gasteiger partial charge in [-0.2, -0.15) is 0 Å². The van der Waals surface area contributed by atoms with Gasteiger partial charge in [0.1, 0.15) is 0 Å². The number of fused-ring (bicyclic) bond motifs is 7. The molecule has 0 spiro atoms. The smallest absolute Gasteiger partial charge is 0.309 e. The molecule has 4 heteroatoms. The Balaban J connectivity index is 1.57. The molecule has 4 nitrogen and oxygen atoms in total. The van der Waals surface area contributed by atoms with Crippen molar-refractivity contribution >= 4 is 5.97 Å². The quantitative estimate of drug-likeness (QED) is 0.369. The zero-order chi connectivity index (χ0) is 26.5. The molecule has 5 unspecified atom stereocenters. The first kappa shape index (κ1) is 26.7. The summed E-state index contributed by atoms with van der Waals surface area (Å²) >= 11 is 0. The van der Waals surface area contributed by atoms with Gasteiger partial charge in [-0.3, -0.25) is 4.79 Å². The van der Waals surface area contributed by atoms with Crippen molar-refractivity contribution in [1.29, 1.82) is 0 Å². The normalized spacial score (nSPS) is 53.2. The molecule has 0 saturated heterocycles. The van der Waals surface area contributed by atoms with E-state index in [9.17, 15) is 20.1 Å². The fourth-order valence-corrected chi connectivity index (χ4v) is 12.1. The predicted octanol–water partition coefficient (Wildman–Crippen LogP) is 6.84. The van der Waals surface area contributed by atoms with Gasteiger partial charge in [0.2, 0.25) is 0 Å². The maximum atomic E-state index is 12.9. The predicted molar refractivity (Wildman–Crippen MR) is 143 cm³/mol. The molecule has 3 N–H and O–H groups in total. The van der Waals surface area contributed by atoms with Crippen LogP contribution in [0.2, 0.25) is 0 Å². The van der Waals surface area contributed by atoms with Crippen LogP contribution in [0.3, 0.4) is 0 Å². The maximum absolute atomic E-state index is 12.9. The van der Waals surface area contributed by atoms with Gasteiger partial charge in [0.05, 0.1) is 17.1 Å². The summed E-state index contributed by atoms with van der Waals surface area (Å²) in [6.07, 6.45) is 11.9. The molecule has 0 aromatic heterocycles. The highest BCUT2D eigenvalue weighted by Gasteiger charge is 2.72. The fraction of sp³-hybridized carbons (Fsp3) is 0.906. The van der Waals surface area contributed by atoms with Crippen LogP contribution in [-0.4, -0.2) is 33.0 Å². The molecular formula is C32H52O4. The van der Waals surface area contributed by atoms with E-state index >= 15 is 0 Å². The lowest BCUT2D eigenvalue weighted by Gasteiger charge is -2.72. The highest BCUT2D eigenvalue weighted by atomic mass is 16.4. The number of aliphatic hydroxyl groups excluding tert-OH is 1. The number of carboxylic acid groups (broad SMARTS) is 1. The third-order valence-corrected chi connectivity index (χ3v) is 14.2. The van der Waals surface area contributed by atoms with Crippen LogP contribution in [0.15, 0.2) is 12.7 Å². The van der Waals surface area contributed by atoms with Gasteiger partial charge in [-0.15, -0.1) is 6.58 Å². The van der Waals surface area contributed by atoms with Gasteiger partial charge in [-0.05, 0) is 129 Å². The number of aliphatic hydroxyl groups is 2. The van der Waals surface area contributed by atoms with Crippen molar-refractivity contribution in [3.05, 3.63) is 12.7 Å². The van der Waals surface area contributed by atoms with Crippen molar-refractivity contribution in [2.45, 2.75) is 124 Å². The standard InChI is InChI=1S/C32H52O4/c1-8-14-31(7,36)21-11-17-32(26(34)35)19-18-29(5)20(25(21)32)9-10-23-28(4)15-13-24(33)27(2,3)22(28)12-16-30(23,29)6/h8,20-25,33,36H,1,9-19H2,2-7H3,(H,34,35)/t20?,21-,22?,23?,24+,25?,28+,29-,30-,31?,32+/m1/s1. The van der Waals surface area contributed by atoms with E-state index in [-0.39, 0.29) is 39.6 Å². The van der Waals surface area contributed by atoms with Gasteiger partial charge in [-0.25, -0.2) is 0 Å². The number of hydrogen-bond donors (Lipinski definition) is 3. The molecule has 0 amide bonds. The number of carbonyl (C=O) groups is 1. The topological polar surface area (TPSA) is 77.8 Å². The Hall–Kier alpha value is -0.870. The first-order valence-electron chi connectivity index (χ1n) is 14.9. The Bertz CT molecular complexity index is 923. The number of hydrogen-bond acceptors (Lipinski definition) is 3. The number of carboxylic acids is 1. The molecule has 0 heterocycles. The first-order valence-corrected chi connectivity index (χ1v) is 14.9. The van der Waals surface area contributed by atoms with Crippen LogP contribution in [0.4, 0.5) is 0 Å². The second kappa shape index (κ2) is 8.07. The summed E-state index contributed by atoms with van der Waals surface area (Å²) in [4.78, 5) is 12.9. The summed E-state index contributed by atoms with van der Waals surface area (Å²) in [5.41, 5.74) is -1.22. The van der Waals surface area contributed by atoms with Gasteiger partial charge >= 0.3 is 5.97 Å². The van der Waals surface area contributed by atoms with Crippen LogP contribution < -0.4 is 0 Å². The summed E-state index contributed by atoms with van der Waals surface area (Å²) in [5.74, 6) is 0.861. The second-order valence-corrected chi connectivity index (χ2v) is 15.5. The molecule has 5 fully saturated rings. The van der Waals surface area contributed by atoms with E-state index in [1.165, 1.54) is 6.42 Å². The molecule has 0 aromatic rings. The third-order valence-electron chi connectivity index (χ3n) is 14.2. The zero-order valence-electron chi connectivity index (χ0n) is 23.8. The van der Waals surface area contributed by atoms with Crippen LogP contribution in [0, 0.1) is 56.7 Å². The maximum Gasteiger partial charge on any atom is 0.309 e. The molecular weight excluding hydrogens is 448 g/mol. The lowest BCUT2D eigenvalue weighted by Crippen LogP contribution is -2.67.